The van der Waals surface area contributed by atoms with Crippen LogP contribution in [0.15, 0.2) is 12.3 Å². The number of likely N-dealkylation sites (tertiary alicyclic amines) is 1. The number of alkyl halides is 1. The van der Waals surface area contributed by atoms with Gasteiger partial charge in [-0.3, -0.25) is 4.79 Å². The van der Waals surface area contributed by atoms with Crippen molar-refractivity contribution in [2.75, 3.05) is 32.9 Å². The van der Waals surface area contributed by atoms with Gasteiger partial charge in [0.25, 0.3) is 0 Å². The molecule has 0 bridgehead atoms. The maximum absolute atomic E-state index is 15.6. The summed E-state index contributed by atoms with van der Waals surface area (Å²) < 4.78 is 45.2. The zero-order chi connectivity index (χ0) is 23.2. The molecular weight excluding hydrogens is 434 g/mol. The zero-order valence-corrected chi connectivity index (χ0v) is 19.0. The second-order valence-electron chi connectivity index (χ2n) is 8.51. The van der Waals surface area contributed by atoms with Crippen LogP contribution in [0.25, 0.3) is 0 Å². The molecule has 1 amide bonds. The lowest BCUT2D eigenvalue weighted by Crippen LogP contribution is -2.49. The molecule has 0 N–H and O–H groups in total. The van der Waals surface area contributed by atoms with Gasteiger partial charge in [0.1, 0.15) is 17.9 Å². The SMILES string of the molecule is C[C@H]1CN(C(=O)OCCOCCC(=O)OC(C)(C)C)CC[C@]1(F)c1cc(Cl)cnc1F. The molecule has 0 saturated carbocycles. The first kappa shape index (κ1) is 25.3. The Bertz CT molecular complexity index is 790. The van der Waals surface area contributed by atoms with Crippen molar-refractivity contribution in [2.45, 2.75) is 51.8 Å². The van der Waals surface area contributed by atoms with Crippen LogP contribution in [0.4, 0.5) is 13.6 Å². The van der Waals surface area contributed by atoms with Crippen molar-refractivity contribution in [1.82, 2.24) is 9.88 Å². The fraction of sp³-hybridized carbons (Fsp3) is 0.667. The van der Waals surface area contributed by atoms with Gasteiger partial charge in [0.2, 0.25) is 5.95 Å². The molecule has 2 heterocycles. The maximum atomic E-state index is 15.6. The third-order valence-corrected chi connectivity index (χ3v) is 5.06. The summed E-state index contributed by atoms with van der Waals surface area (Å²) in [5.41, 5.74) is -2.73. The average Bonchev–Trinajstić information content (AvgIpc) is 2.67. The predicted molar refractivity (Wildman–Crippen MR) is 110 cm³/mol. The number of aromatic nitrogens is 1. The van der Waals surface area contributed by atoms with Crippen LogP contribution in [0, 0.1) is 11.9 Å². The number of amides is 1. The topological polar surface area (TPSA) is 78.0 Å². The zero-order valence-electron chi connectivity index (χ0n) is 18.3. The summed E-state index contributed by atoms with van der Waals surface area (Å²) in [6.45, 7) is 7.31. The van der Waals surface area contributed by atoms with Crippen LogP contribution in [0.5, 0.6) is 0 Å². The van der Waals surface area contributed by atoms with Gasteiger partial charge in [0, 0.05) is 37.2 Å². The van der Waals surface area contributed by atoms with Crippen molar-refractivity contribution in [1.29, 1.82) is 0 Å². The molecule has 1 aromatic rings. The highest BCUT2D eigenvalue weighted by molar-refractivity contribution is 6.30. The Kier molecular flexibility index (Phi) is 8.59. The first-order valence-corrected chi connectivity index (χ1v) is 10.5. The molecule has 0 spiro atoms. The van der Waals surface area contributed by atoms with E-state index in [4.69, 9.17) is 25.8 Å². The molecule has 1 aliphatic heterocycles. The number of carbonyl (C=O) groups is 2. The number of hydrogen-bond acceptors (Lipinski definition) is 6. The highest BCUT2D eigenvalue weighted by Gasteiger charge is 2.46. The summed E-state index contributed by atoms with van der Waals surface area (Å²) in [5, 5.41) is 0.147. The van der Waals surface area contributed by atoms with Gasteiger partial charge in [-0.25, -0.2) is 14.2 Å². The van der Waals surface area contributed by atoms with E-state index in [1.54, 1.807) is 27.7 Å². The van der Waals surface area contributed by atoms with Crippen LogP contribution in [-0.2, 0) is 24.7 Å². The van der Waals surface area contributed by atoms with Crippen molar-refractivity contribution < 1.29 is 32.6 Å². The van der Waals surface area contributed by atoms with Crippen molar-refractivity contribution in [3.63, 3.8) is 0 Å². The largest absolute Gasteiger partial charge is 0.460 e. The van der Waals surface area contributed by atoms with Crippen molar-refractivity contribution in [3.05, 3.63) is 28.8 Å². The van der Waals surface area contributed by atoms with Gasteiger partial charge in [0.05, 0.1) is 24.7 Å². The van der Waals surface area contributed by atoms with Gasteiger partial charge in [-0.1, -0.05) is 18.5 Å². The number of pyridine rings is 1. The summed E-state index contributed by atoms with van der Waals surface area (Å²) in [5.74, 6) is -1.96. The number of esters is 1. The molecule has 2 rings (SSSR count). The molecule has 7 nitrogen and oxygen atoms in total. The lowest BCUT2D eigenvalue weighted by molar-refractivity contribution is -0.156. The summed E-state index contributed by atoms with van der Waals surface area (Å²) in [6, 6.07) is 1.24. The lowest BCUT2D eigenvalue weighted by Gasteiger charge is -2.41. The molecule has 1 aliphatic rings. The molecule has 174 valence electrons. The second-order valence-corrected chi connectivity index (χ2v) is 8.95. The summed E-state index contributed by atoms with van der Waals surface area (Å²) >= 11 is 5.85. The molecule has 2 atom stereocenters. The molecule has 1 fully saturated rings. The number of nitrogens with zero attached hydrogens (tertiary/aromatic N) is 2. The van der Waals surface area contributed by atoms with Gasteiger partial charge >= 0.3 is 12.1 Å². The molecule has 0 radical (unpaired) electrons. The van der Waals surface area contributed by atoms with E-state index in [2.05, 4.69) is 4.98 Å². The van der Waals surface area contributed by atoms with Crippen molar-refractivity contribution in [2.24, 2.45) is 5.92 Å². The highest BCUT2D eigenvalue weighted by Crippen LogP contribution is 2.42. The minimum Gasteiger partial charge on any atom is -0.460 e. The normalized spacial score (nSPS) is 21.6. The van der Waals surface area contributed by atoms with E-state index in [1.807, 2.05) is 0 Å². The fourth-order valence-corrected chi connectivity index (χ4v) is 3.48. The van der Waals surface area contributed by atoms with Crippen LogP contribution in [0.2, 0.25) is 5.02 Å². The molecule has 1 saturated heterocycles. The lowest BCUT2D eigenvalue weighted by atomic mass is 9.79. The van der Waals surface area contributed by atoms with Crippen LogP contribution in [-0.4, -0.2) is 60.5 Å². The Morgan fingerprint density at radius 2 is 2.03 bits per heavy atom. The smallest absolute Gasteiger partial charge is 0.409 e. The Morgan fingerprint density at radius 1 is 1.32 bits per heavy atom. The third kappa shape index (κ3) is 7.28. The number of hydrogen-bond donors (Lipinski definition) is 0. The Hall–Kier alpha value is -2.00. The van der Waals surface area contributed by atoms with Crippen LogP contribution >= 0.6 is 11.6 Å². The van der Waals surface area contributed by atoms with E-state index in [1.165, 1.54) is 11.0 Å². The van der Waals surface area contributed by atoms with Gasteiger partial charge in [0.15, 0.2) is 0 Å². The summed E-state index contributed by atoms with van der Waals surface area (Å²) in [7, 11) is 0. The minimum atomic E-state index is -1.98. The number of piperidine rings is 1. The molecule has 0 unspecified atom stereocenters. The number of carbonyl (C=O) groups excluding carboxylic acids is 2. The van der Waals surface area contributed by atoms with Crippen molar-refractivity contribution >= 4 is 23.7 Å². The van der Waals surface area contributed by atoms with Gasteiger partial charge < -0.3 is 19.1 Å². The van der Waals surface area contributed by atoms with E-state index in [0.29, 0.717) is 0 Å². The first-order chi connectivity index (χ1) is 14.4. The van der Waals surface area contributed by atoms with Gasteiger partial charge in [-0.2, -0.15) is 4.39 Å². The third-order valence-electron chi connectivity index (χ3n) is 4.86. The first-order valence-electron chi connectivity index (χ1n) is 10.1. The molecule has 1 aromatic heterocycles. The Balaban J connectivity index is 1.74. The summed E-state index contributed by atoms with van der Waals surface area (Å²) in [4.78, 5) is 28.7. The van der Waals surface area contributed by atoms with Crippen LogP contribution < -0.4 is 0 Å². The van der Waals surface area contributed by atoms with Crippen LogP contribution in [0.3, 0.4) is 0 Å². The van der Waals surface area contributed by atoms with E-state index >= 15 is 4.39 Å². The van der Waals surface area contributed by atoms with E-state index in [0.717, 1.165) is 6.20 Å². The Morgan fingerprint density at radius 3 is 2.68 bits per heavy atom. The quantitative estimate of drug-likeness (QED) is 0.342. The second kappa shape index (κ2) is 10.5. The molecular formula is C21H29ClF2N2O5. The van der Waals surface area contributed by atoms with E-state index in [9.17, 15) is 14.0 Å². The fourth-order valence-electron chi connectivity index (χ4n) is 3.32. The van der Waals surface area contributed by atoms with Gasteiger partial charge in [-0.05, 0) is 26.8 Å². The van der Waals surface area contributed by atoms with Crippen LogP contribution in [0.1, 0.15) is 46.1 Å². The van der Waals surface area contributed by atoms with Crippen molar-refractivity contribution in [3.8, 4) is 0 Å². The van der Waals surface area contributed by atoms with E-state index < -0.39 is 29.2 Å². The standard InChI is InChI=1S/C21H29ClF2N2O5/c1-14-13-26(7-6-21(14,24)16-11-15(22)12-25-18(16)23)19(28)30-10-9-29-8-5-17(27)31-20(2,3)4/h11-12,14H,5-10,13H2,1-4H3/t14-,21+/m0/s1. The number of ether oxygens (including phenoxy) is 3. The highest BCUT2D eigenvalue weighted by atomic mass is 35.5. The molecule has 10 heteroatoms. The van der Waals surface area contributed by atoms with Gasteiger partial charge in [-0.15, -0.1) is 0 Å². The monoisotopic (exact) mass is 462 g/mol. The molecule has 31 heavy (non-hydrogen) atoms. The molecule has 0 aromatic carbocycles. The number of rotatable bonds is 7. The minimum absolute atomic E-state index is 0.00829. The average molecular weight is 463 g/mol. The Labute approximate surface area is 186 Å². The summed E-state index contributed by atoms with van der Waals surface area (Å²) in [6.07, 6.45) is 0.516. The number of halogens is 3. The molecule has 0 aliphatic carbocycles. The predicted octanol–water partition coefficient (Wildman–Crippen LogP) is 4.27. The van der Waals surface area contributed by atoms with E-state index in [-0.39, 0.29) is 62.3 Å². The maximum Gasteiger partial charge on any atom is 0.409 e.